The number of carboxylic acid groups (broad SMARTS) is 2. The Morgan fingerprint density at radius 1 is 0.800 bits per heavy atom. The van der Waals surface area contributed by atoms with Crippen LogP contribution in [-0.2, 0) is 9.59 Å². The van der Waals surface area contributed by atoms with Crippen molar-refractivity contribution >= 4 is 11.9 Å². The zero-order valence-corrected chi connectivity index (χ0v) is 13.1. The van der Waals surface area contributed by atoms with Gasteiger partial charge in [0.2, 0.25) is 0 Å². The third kappa shape index (κ3) is 14.5. The molecule has 4 nitrogen and oxygen atoms in total. The van der Waals surface area contributed by atoms with Crippen LogP contribution in [-0.4, -0.2) is 22.2 Å². The van der Waals surface area contributed by atoms with Gasteiger partial charge in [0, 0.05) is 11.1 Å². The van der Waals surface area contributed by atoms with Gasteiger partial charge in [-0.05, 0) is 26.7 Å². The Hall–Kier alpha value is -1.58. The Labute approximate surface area is 122 Å². The molecule has 0 aliphatic carbocycles. The molecule has 0 fully saturated rings. The highest BCUT2D eigenvalue weighted by Crippen LogP contribution is 2.00. The van der Waals surface area contributed by atoms with Crippen LogP contribution in [0.5, 0.6) is 0 Å². The molecule has 0 aromatic rings. The van der Waals surface area contributed by atoms with Crippen molar-refractivity contribution < 1.29 is 19.8 Å². The van der Waals surface area contributed by atoms with Crippen molar-refractivity contribution in [1.82, 2.24) is 0 Å². The maximum absolute atomic E-state index is 10.2. The van der Waals surface area contributed by atoms with E-state index in [1.54, 1.807) is 26.0 Å². The summed E-state index contributed by atoms with van der Waals surface area (Å²) in [5.74, 6) is -1.62. The zero-order valence-electron chi connectivity index (χ0n) is 13.1. The van der Waals surface area contributed by atoms with Gasteiger partial charge < -0.3 is 10.2 Å². The second-order valence-electron chi connectivity index (χ2n) is 4.67. The first-order chi connectivity index (χ1) is 9.36. The number of hydrogen-bond donors (Lipinski definition) is 2. The van der Waals surface area contributed by atoms with E-state index >= 15 is 0 Å². The molecule has 0 unspecified atom stereocenters. The van der Waals surface area contributed by atoms with Crippen LogP contribution in [0.25, 0.3) is 0 Å². The second kappa shape index (κ2) is 13.8. The van der Waals surface area contributed by atoms with Gasteiger partial charge in [0.05, 0.1) is 0 Å². The van der Waals surface area contributed by atoms with Gasteiger partial charge in [0.25, 0.3) is 0 Å². The summed E-state index contributed by atoms with van der Waals surface area (Å²) in [4.78, 5) is 20.5. The van der Waals surface area contributed by atoms with E-state index in [1.165, 1.54) is 0 Å². The van der Waals surface area contributed by atoms with Crippen molar-refractivity contribution in [2.75, 3.05) is 0 Å². The molecule has 2 N–H and O–H groups in total. The Morgan fingerprint density at radius 3 is 1.30 bits per heavy atom. The first kappa shape index (κ1) is 20.7. The maximum atomic E-state index is 10.2. The summed E-state index contributed by atoms with van der Waals surface area (Å²) in [5.41, 5.74) is 0.905. The molecule has 0 spiro atoms. The van der Waals surface area contributed by atoms with E-state index < -0.39 is 11.9 Å². The van der Waals surface area contributed by atoms with Gasteiger partial charge >= 0.3 is 11.9 Å². The number of aliphatic carboxylic acids is 2. The van der Waals surface area contributed by atoms with E-state index in [-0.39, 0.29) is 0 Å². The number of carboxylic acids is 2. The van der Waals surface area contributed by atoms with Crippen LogP contribution in [0.4, 0.5) is 0 Å². The molecule has 0 heterocycles. The van der Waals surface area contributed by atoms with E-state index in [4.69, 9.17) is 10.2 Å². The van der Waals surface area contributed by atoms with Crippen LogP contribution in [0.15, 0.2) is 23.3 Å². The van der Waals surface area contributed by atoms with Gasteiger partial charge in [-0.25, -0.2) is 9.59 Å². The summed E-state index contributed by atoms with van der Waals surface area (Å²) in [6, 6.07) is 0. The summed E-state index contributed by atoms with van der Waals surface area (Å²) < 4.78 is 0. The Morgan fingerprint density at radius 2 is 1.10 bits per heavy atom. The molecule has 0 rings (SSSR count). The molecular formula is C16H28O4. The minimum atomic E-state index is -0.809. The molecule has 116 valence electrons. The fraction of sp³-hybridized carbons (Fsp3) is 0.625. The minimum absolute atomic E-state index is 0.452. The highest BCUT2D eigenvalue weighted by Gasteiger charge is 1.97. The fourth-order valence-corrected chi connectivity index (χ4v) is 1.22. The highest BCUT2D eigenvalue weighted by atomic mass is 16.4. The quantitative estimate of drug-likeness (QED) is 0.511. The SMILES string of the molecule is CCCC/C=C(\C)C(=O)O.CCCC/C=C(\C)C(=O)O. The molecule has 0 aromatic heterocycles. The van der Waals surface area contributed by atoms with E-state index in [9.17, 15) is 9.59 Å². The predicted molar refractivity (Wildman–Crippen MR) is 81.8 cm³/mol. The van der Waals surface area contributed by atoms with E-state index in [1.807, 2.05) is 0 Å². The molecule has 20 heavy (non-hydrogen) atoms. The van der Waals surface area contributed by atoms with Gasteiger partial charge in [-0.15, -0.1) is 0 Å². The molecule has 0 saturated heterocycles. The summed E-state index contributed by atoms with van der Waals surface area (Å²) in [6.07, 6.45) is 9.68. The topological polar surface area (TPSA) is 74.6 Å². The molecule has 0 aliphatic rings. The van der Waals surface area contributed by atoms with Crippen molar-refractivity contribution in [3.05, 3.63) is 23.3 Å². The van der Waals surface area contributed by atoms with E-state index in [2.05, 4.69) is 13.8 Å². The summed E-state index contributed by atoms with van der Waals surface area (Å²) in [6.45, 7) is 7.42. The Bertz CT molecular complexity index is 306. The van der Waals surface area contributed by atoms with Crippen LogP contribution in [0.2, 0.25) is 0 Å². The van der Waals surface area contributed by atoms with E-state index in [0.29, 0.717) is 11.1 Å². The van der Waals surface area contributed by atoms with Gasteiger partial charge in [0.15, 0.2) is 0 Å². The third-order valence-corrected chi connectivity index (χ3v) is 2.69. The average Bonchev–Trinajstić information content (AvgIpc) is 2.39. The van der Waals surface area contributed by atoms with Crippen molar-refractivity contribution in [2.24, 2.45) is 0 Å². The van der Waals surface area contributed by atoms with Crippen molar-refractivity contribution in [2.45, 2.75) is 66.2 Å². The minimum Gasteiger partial charge on any atom is -0.478 e. The average molecular weight is 284 g/mol. The van der Waals surface area contributed by atoms with Crippen molar-refractivity contribution in [1.29, 1.82) is 0 Å². The Kier molecular flexibility index (Phi) is 14.3. The van der Waals surface area contributed by atoms with Gasteiger partial charge in [-0.2, -0.15) is 0 Å². The lowest BCUT2D eigenvalue weighted by Crippen LogP contribution is -1.95. The van der Waals surface area contributed by atoms with Crippen LogP contribution < -0.4 is 0 Å². The van der Waals surface area contributed by atoms with Crippen molar-refractivity contribution in [3.63, 3.8) is 0 Å². The molecule has 0 radical (unpaired) electrons. The van der Waals surface area contributed by atoms with Crippen LogP contribution in [0.1, 0.15) is 66.2 Å². The number of allylic oxidation sites excluding steroid dienone is 2. The number of rotatable bonds is 8. The first-order valence-corrected chi connectivity index (χ1v) is 7.16. The largest absolute Gasteiger partial charge is 0.478 e. The molecule has 0 bridgehead atoms. The van der Waals surface area contributed by atoms with Gasteiger partial charge in [-0.1, -0.05) is 51.7 Å². The second-order valence-corrected chi connectivity index (χ2v) is 4.67. The molecule has 0 saturated carbocycles. The number of carbonyl (C=O) groups is 2. The lowest BCUT2D eigenvalue weighted by molar-refractivity contribution is -0.133. The zero-order chi connectivity index (χ0) is 16.0. The number of hydrogen-bond acceptors (Lipinski definition) is 2. The van der Waals surface area contributed by atoms with Crippen LogP contribution >= 0.6 is 0 Å². The number of unbranched alkanes of at least 4 members (excludes halogenated alkanes) is 4. The van der Waals surface area contributed by atoms with Gasteiger partial charge in [0.1, 0.15) is 0 Å². The smallest absolute Gasteiger partial charge is 0.330 e. The molecule has 0 aromatic carbocycles. The standard InChI is InChI=1S/2C8H14O2/c2*1-3-4-5-6-7(2)8(9)10/h2*6H,3-5H2,1-2H3,(H,9,10)/b2*7-6+. The van der Waals surface area contributed by atoms with E-state index in [0.717, 1.165) is 38.5 Å². The van der Waals surface area contributed by atoms with Gasteiger partial charge in [-0.3, -0.25) is 0 Å². The highest BCUT2D eigenvalue weighted by molar-refractivity contribution is 5.86. The maximum Gasteiger partial charge on any atom is 0.330 e. The first-order valence-electron chi connectivity index (χ1n) is 7.16. The summed E-state index contributed by atoms with van der Waals surface area (Å²) in [5, 5.41) is 16.8. The molecule has 0 aliphatic heterocycles. The molecular weight excluding hydrogens is 256 g/mol. The fourth-order valence-electron chi connectivity index (χ4n) is 1.22. The third-order valence-electron chi connectivity index (χ3n) is 2.69. The monoisotopic (exact) mass is 284 g/mol. The van der Waals surface area contributed by atoms with Crippen LogP contribution in [0.3, 0.4) is 0 Å². The summed E-state index contributed by atoms with van der Waals surface area (Å²) in [7, 11) is 0. The predicted octanol–water partition coefficient (Wildman–Crippen LogP) is 4.42. The Balaban J connectivity index is 0. The lowest BCUT2D eigenvalue weighted by Gasteiger charge is -1.91. The lowest BCUT2D eigenvalue weighted by atomic mass is 10.2. The molecule has 0 atom stereocenters. The normalized spacial score (nSPS) is 11.6. The molecule has 0 amide bonds. The van der Waals surface area contributed by atoms with Crippen molar-refractivity contribution in [3.8, 4) is 0 Å². The summed E-state index contributed by atoms with van der Waals surface area (Å²) >= 11 is 0. The molecule has 4 heteroatoms. The van der Waals surface area contributed by atoms with Crippen LogP contribution in [0, 0.1) is 0 Å².